The Morgan fingerprint density at radius 2 is 2.05 bits per heavy atom. The lowest BCUT2D eigenvalue weighted by atomic mass is 9.96. The summed E-state index contributed by atoms with van der Waals surface area (Å²) < 4.78 is 0. The second-order valence-corrected chi connectivity index (χ2v) is 4.84. The summed E-state index contributed by atoms with van der Waals surface area (Å²) in [6.45, 7) is 0. The van der Waals surface area contributed by atoms with Crippen LogP contribution in [0.5, 0.6) is 0 Å². The van der Waals surface area contributed by atoms with E-state index in [1.165, 1.54) is 0 Å². The predicted octanol–water partition coefficient (Wildman–Crippen LogP) is 2.84. The number of benzene rings is 1. The predicted molar refractivity (Wildman–Crippen MR) is 80.2 cm³/mol. The molecular formula is C15H13ClN4. The van der Waals surface area contributed by atoms with Gasteiger partial charge in [-0.05, 0) is 34.7 Å². The highest BCUT2D eigenvalue weighted by Gasteiger charge is 2.15. The molecule has 3 N–H and O–H groups in total. The molecule has 0 aliphatic rings. The highest BCUT2D eigenvalue weighted by Crippen LogP contribution is 2.28. The second kappa shape index (κ2) is 5.54. The summed E-state index contributed by atoms with van der Waals surface area (Å²) in [5, 5.41) is 2.63. The van der Waals surface area contributed by atoms with Gasteiger partial charge in [0.25, 0.3) is 0 Å². The van der Waals surface area contributed by atoms with Crippen molar-refractivity contribution in [2.45, 2.75) is 6.04 Å². The quantitative estimate of drug-likeness (QED) is 0.441. The minimum atomic E-state index is -0.164. The maximum atomic E-state index is 5.96. The van der Waals surface area contributed by atoms with Crippen LogP contribution in [-0.4, -0.2) is 9.97 Å². The fraction of sp³-hybridized carbons (Fsp3) is 0.0667. The lowest BCUT2D eigenvalue weighted by molar-refractivity contribution is 0.640. The number of hydrogen-bond donors (Lipinski definition) is 2. The number of halogens is 1. The van der Waals surface area contributed by atoms with Crippen LogP contribution in [0, 0.1) is 0 Å². The van der Waals surface area contributed by atoms with E-state index in [0.29, 0.717) is 5.15 Å². The fourth-order valence-corrected chi connectivity index (χ4v) is 2.53. The number of hydrazine groups is 1. The fourth-order valence-electron chi connectivity index (χ4n) is 2.35. The molecule has 4 nitrogen and oxygen atoms in total. The van der Waals surface area contributed by atoms with Crippen LogP contribution in [0.1, 0.15) is 17.2 Å². The van der Waals surface area contributed by atoms with Gasteiger partial charge in [-0.1, -0.05) is 29.8 Å². The number of rotatable bonds is 3. The first kappa shape index (κ1) is 13.0. The molecule has 2 aromatic heterocycles. The monoisotopic (exact) mass is 284 g/mol. The van der Waals surface area contributed by atoms with Crippen LogP contribution in [0.2, 0.25) is 5.15 Å². The molecule has 0 bridgehead atoms. The van der Waals surface area contributed by atoms with Crippen LogP contribution in [0.15, 0.2) is 55.0 Å². The van der Waals surface area contributed by atoms with Gasteiger partial charge in [-0.25, -0.2) is 10.4 Å². The number of pyridine rings is 2. The maximum absolute atomic E-state index is 5.96. The summed E-state index contributed by atoms with van der Waals surface area (Å²) in [5.74, 6) is 5.74. The van der Waals surface area contributed by atoms with Crippen molar-refractivity contribution in [3.05, 3.63) is 71.3 Å². The third-order valence-corrected chi connectivity index (χ3v) is 3.49. The van der Waals surface area contributed by atoms with Crippen molar-refractivity contribution in [2.24, 2.45) is 5.84 Å². The van der Waals surface area contributed by atoms with Gasteiger partial charge in [0, 0.05) is 24.0 Å². The number of nitrogens with two attached hydrogens (primary N) is 1. The molecule has 0 aliphatic carbocycles. The standard InChI is InChI=1S/C15H13ClN4/c16-14-8-11(5-7-19-14)15(20-17)12-3-1-2-10-4-6-18-9-13(10)12/h1-9,15,20H,17H2. The van der Waals surface area contributed by atoms with E-state index < -0.39 is 0 Å². The molecule has 0 aliphatic heterocycles. The van der Waals surface area contributed by atoms with E-state index in [-0.39, 0.29) is 6.04 Å². The summed E-state index contributed by atoms with van der Waals surface area (Å²) >= 11 is 5.96. The van der Waals surface area contributed by atoms with Gasteiger partial charge in [0.1, 0.15) is 5.15 Å². The average Bonchev–Trinajstić information content (AvgIpc) is 2.48. The van der Waals surface area contributed by atoms with Gasteiger partial charge in [-0.15, -0.1) is 0 Å². The summed E-state index contributed by atoms with van der Waals surface area (Å²) in [4.78, 5) is 8.19. The third-order valence-electron chi connectivity index (χ3n) is 3.28. The molecule has 1 aromatic carbocycles. The number of aromatic nitrogens is 2. The van der Waals surface area contributed by atoms with Crippen LogP contribution in [0.25, 0.3) is 10.8 Å². The molecular weight excluding hydrogens is 272 g/mol. The van der Waals surface area contributed by atoms with Crippen molar-refractivity contribution in [3.8, 4) is 0 Å². The maximum Gasteiger partial charge on any atom is 0.129 e. The first-order valence-electron chi connectivity index (χ1n) is 6.20. The van der Waals surface area contributed by atoms with E-state index in [2.05, 4.69) is 15.4 Å². The lowest BCUT2D eigenvalue weighted by Gasteiger charge is -2.18. The van der Waals surface area contributed by atoms with Crippen LogP contribution in [-0.2, 0) is 0 Å². The van der Waals surface area contributed by atoms with E-state index >= 15 is 0 Å². The van der Waals surface area contributed by atoms with E-state index in [1.807, 2.05) is 36.5 Å². The number of nitrogens with one attached hydrogen (secondary N) is 1. The first-order valence-corrected chi connectivity index (χ1v) is 6.57. The zero-order valence-corrected chi connectivity index (χ0v) is 11.4. The molecule has 1 atom stereocenters. The van der Waals surface area contributed by atoms with E-state index in [0.717, 1.165) is 21.9 Å². The zero-order valence-electron chi connectivity index (χ0n) is 10.6. The molecule has 2 heterocycles. The highest BCUT2D eigenvalue weighted by atomic mass is 35.5. The summed E-state index contributed by atoms with van der Waals surface area (Å²) in [6.07, 6.45) is 5.30. The Morgan fingerprint density at radius 1 is 1.15 bits per heavy atom. The SMILES string of the molecule is NNC(c1ccnc(Cl)c1)c1cccc2ccncc12. The van der Waals surface area contributed by atoms with Crippen molar-refractivity contribution in [1.82, 2.24) is 15.4 Å². The summed E-state index contributed by atoms with van der Waals surface area (Å²) in [6, 6.07) is 11.6. The topological polar surface area (TPSA) is 63.8 Å². The molecule has 20 heavy (non-hydrogen) atoms. The second-order valence-electron chi connectivity index (χ2n) is 4.46. The smallest absolute Gasteiger partial charge is 0.129 e. The lowest BCUT2D eigenvalue weighted by Crippen LogP contribution is -2.29. The van der Waals surface area contributed by atoms with Gasteiger partial charge in [0.2, 0.25) is 0 Å². The van der Waals surface area contributed by atoms with Crippen LogP contribution in [0.3, 0.4) is 0 Å². The minimum Gasteiger partial charge on any atom is -0.271 e. The van der Waals surface area contributed by atoms with Crippen LogP contribution < -0.4 is 11.3 Å². The van der Waals surface area contributed by atoms with Gasteiger partial charge in [-0.2, -0.15) is 0 Å². The van der Waals surface area contributed by atoms with Crippen molar-refractivity contribution >= 4 is 22.4 Å². The van der Waals surface area contributed by atoms with E-state index in [1.54, 1.807) is 18.5 Å². The van der Waals surface area contributed by atoms with Crippen molar-refractivity contribution in [3.63, 3.8) is 0 Å². The van der Waals surface area contributed by atoms with Crippen molar-refractivity contribution < 1.29 is 0 Å². The molecule has 0 spiro atoms. The van der Waals surface area contributed by atoms with Crippen LogP contribution >= 0.6 is 11.6 Å². The van der Waals surface area contributed by atoms with Crippen molar-refractivity contribution in [2.75, 3.05) is 0 Å². The Balaban J connectivity index is 2.17. The zero-order chi connectivity index (χ0) is 13.9. The molecule has 100 valence electrons. The molecule has 0 amide bonds. The normalized spacial score (nSPS) is 12.5. The Kier molecular flexibility index (Phi) is 3.60. The van der Waals surface area contributed by atoms with Gasteiger partial charge < -0.3 is 0 Å². The molecule has 3 rings (SSSR count). The molecule has 0 radical (unpaired) electrons. The Morgan fingerprint density at radius 3 is 2.85 bits per heavy atom. The number of fused-ring (bicyclic) bond motifs is 1. The Bertz CT molecular complexity index is 739. The molecule has 1 unspecified atom stereocenters. The summed E-state index contributed by atoms with van der Waals surface area (Å²) in [5.41, 5.74) is 4.86. The van der Waals surface area contributed by atoms with Gasteiger partial charge in [0.05, 0.1) is 6.04 Å². The largest absolute Gasteiger partial charge is 0.271 e. The van der Waals surface area contributed by atoms with E-state index in [4.69, 9.17) is 17.4 Å². The summed E-state index contributed by atoms with van der Waals surface area (Å²) in [7, 11) is 0. The van der Waals surface area contributed by atoms with Crippen LogP contribution in [0.4, 0.5) is 0 Å². The van der Waals surface area contributed by atoms with Gasteiger partial charge >= 0.3 is 0 Å². The average molecular weight is 285 g/mol. The molecule has 0 fully saturated rings. The minimum absolute atomic E-state index is 0.164. The molecule has 5 heteroatoms. The Hall–Kier alpha value is -2.01. The molecule has 0 saturated carbocycles. The Labute approximate surface area is 121 Å². The molecule has 0 saturated heterocycles. The third kappa shape index (κ3) is 2.36. The first-order chi connectivity index (χ1) is 9.79. The number of hydrogen-bond acceptors (Lipinski definition) is 4. The number of nitrogens with zero attached hydrogens (tertiary/aromatic N) is 2. The highest BCUT2D eigenvalue weighted by molar-refractivity contribution is 6.29. The van der Waals surface area contributed by atoms with Gasteiger partial charge in [0.15, 0.2) is 0 Å². The van der Waals surface area contributed by atoms with Crippen molar-refractivity contribution in [1.29, 1.82) is 0 Å². The molecule has 3 aromatic rings. The van der Waals surface area contributed by atoms with E-state index in [9.17, 15) is 0 Å². The van der Waals surface area contributed by atoms with Gasteiger partial charge in [-0.3, -0.25) is 10.8 Å².